The lowest BCUT2D eigenvalue weighted by Gasteiger charge is -2.08. The first-order valence-corrected chi connectivity index (χ1v) is 10.9. The molecule has 0 bridgehead atoms. The Labute approximate surface area is 173 Å². The van der Waals surface area contributed by atoms with Crippen molar-refractivity contribution in [3.63, 3.8) is 0 Å². The van der Waals surface area contributed by atoms with Gasteiger partial charge in [0.05, 0.1) is 17.3 Å². The molecule has 29 heavy (non-hydrogen) atoms. The number of aromatic hydroxyl groups is 1. The highest BCUT2D eigenvalue weighted by atomic mass is 32.1. The largest absolute Gasteiger partial charge is 0.492 e. The Morgan fingerprint density at radius 2 is 1.86 bits per heavy atom. The van der Waals surface area contributed by atoms with E-state index in [-0.39, 0.29) is 24.2 Å². The van der Waals surface area contributed by atoms with Crippen LogP contribution in [0.5, 0.6) is 5.88 Å². The fourth-order valence-corrected chi connectivity index (χ4v) is 4.45. The molecule has 1 heterocycles. The summed E-state index contributed by atoms with van der Waals surface area (Å²) in [6, 6.07) is 13.9. The molecule has 0 spiro atoms. The van der Waals surface area contributed by atoms with Crippen molar-refractivity contribution < 1.29 is 9.90 Å². The second-order valence-corrected chi connectivity index (χ2v) is 8.42. The summed E-state index contributed by atoms with van der Waals surface area (Å²) in [5.74, 6) is -0.342. The molecule has 1 aromatic heterocycles. The van der Waals surface area contributed by atoms with Gasteiger partial charge >= 0.3 is 0 Å². The number of aromatic nitrogens is 1. The van der Waals surface area contributed by atoms with Crippen molar-refractivity contribution in [1.29, 1.82) is 0 Å². The van der Waals surface area contributed by atoms with Crippen LogP contribution in [0.3, 0.4) is 0 Å². The molecule has 7 heteroatoms. The van der Waals surface area contributed by atoms with Crippen molar-refractivity contribution >= 4 is 38.8 Å². The number of fused-ring (bicyclic) bond motifs is 1. The zero-order valence-electron chi connectivity index (χ0n) is 16.2. The van der Waals surface area contributed by atoms with Gasteiger partial charge in [-0.3, -0.25) is 4.79 Å². The zero-order valence-corrected chi connectivity index (χ0v) is 17.0. The van der Waals surface area contributed by atoms with Crippen LogP contribution in [0.1, 0.15) is 43.4 Å². The quantitative estimate of drug-likeness (QED) is 0.401. The molecule has 0 unspecified atom stereocenters. The lowest BCUT2D eigenvalue weighted by atomic mass is 10.1. The Morgan fingerprint density at radius 3 is 2.69 bits per heavy atom. The number of nitrogens with zero attached hydrogens (tertiary/aromatic N) is 3. The van der Waals surface area contributed by atoms with E-state index in [1.807, 2.05) is 42.5 Å². The van der Waals surface area contributed by atoms with Gasteiger partial charge in [-0.05, 0) is 24.3 Å². The summed E-state index contributed by atoms with van der Waals surface area (Å²) in [7, 11) is 0. The van der Waals surface area contributed by atoms with E-state index in [0.29, 0.717) is 10.0 Å². The fraction of sp³-hybridized carbons (Fsp3) is 0.364. The van der Waals surface area contributed by atoms with Gasteiger partial charge in [0.15, 0.2) is 0 Å². The van der Waals surface area contributed by atoms with Crippen molar-refractivity contribution in [2.75, 3.05) is 5.32 Å². The van der Waals surface area contributed by atoms with Crippen LogP contribution >= 0.6 is 11.3 Å². The minimum absolute atomic E-state index is 0.0473. The number of anilines is 1. The zero-order chi connectivity index (χ0) is 20.1. The van der Waals surface area contributed by atoms with Crippen molar-refractivity contribution in [3.05, 3.63) is 47.3 Å². The fourth-order valence-electron chi connectivity index (χ4n) is 3.67. The maximum absolute atomic E-state index is 12.5. The Bertz CT molecular complexity index is 1020. The van der Waals surface area contributed by atoms with Crippen LogP contribution in [-0.2, 0) is 11.2 Å². The lowest BCUT2D eigenvalue weighted by molar-refractivity contribution is -0.115. The number of amides is 1. The number of benzene rings is 2. The number of rotatable bonds is 5. The highest BCUT2D eigenvalue weighted by Gasteiger charge is 2.16. The van der Waals surface area contributed by atoms with E-state index in [2.05, 4.69) is 20.5 Å². The Morgan fingerprint density at radius 1 is 1.10 bits per heavy atom. The van der Waals surface area contributed by atoms with Crippen LogP contribution < -0.4 is 5.32 Å². The second-order valence-electron chi connectivity index (χ2n) is 7.36. The number of nitrogens with one attached hydrogen (secondary N) is 1. The Hall–Kier alpha value is -2.80. The normalized spacial score (nSPS) is 15.6. The Balaban J connectivity index is 1.42. The summed E-state index contributed by atoms with van der Waals surface area (Å²) in [5.41, 5.74) is 0.755. The van der Waals surface area contributed by atoms with E-state index >= 15 is 0 Å². The monoisotopic (exact) mass is 408 g/mol. The maximum atomic E-state index is 12.5. The van der Waals surface area contributed by atoms with Crippen molar-refractivity contribution in [3.8, 4) is 5.88 Å². The minimum atomic E-state index is -0.201. The van der Waals surface area contributed by atoms with Crippen molar-refractivity contribution in [2.24, 2.45) is 10.2 Å². The molecule has 0 aliphatic heterocycles. The molecule has 3 aromatic rings. The van der Waals surface area contributed by atoms with Gasteiger partial charge in [-0.1, -0.05) is 73.4 Å². The number of hydrogen-bond acceptors (Lipinski definition) is 6. The van der Waals surface area contributed by atoms with Gasteiger partial charge in [0, 0.05) is 11.1 Å². The van der Waals surface area contributed by atoms with Gasteiger partial charge in [-0.25, -0.2) is 0 Å². The number of hydrogen-bond donors (Lipinski definition) is 2. The molecule has 0 atom stereocenters. The molecule has 2 aromatic carbocycles. The van der Waals surface area contributed by atoms with Crippen LogP contribution in [0, 0.1) is 0 Å². The third-order valence-electron chi connectivity index (χ3n) is 5.18. The SMILES string of the molecule is O=C(Cc1sc(N=NC2CCCCCC2)nc1O)Nc1cccc2ccccc12. The summed E-state index contributed by atoms with van der Waals surface area (Å²) < 4.78 is 0. The summed E-state index contributed by atoms with van der Waals surface area (Å²) in [4.78, 5) is 17.1. The van der Waals surface area contributed by atoms with Gasteiger partial charge in [0.2, 0.25) is 16.9 Å². The van der Waals surface area contributed by atoms with E-state index in [4.69, 9.17) is 0 Å². The smallest absolute Gasteiger partial charge is 0.233 e. The molecule has 2 N–H and O–H groups in total. The van der Waals surface area contributed by atoms with Gasteiger partial charge in [0.25, 0.3) is 0 Å². The van der Waals surface area contributed by atoms with Gasteiger partial charge in [-0.15, -0.1) is 5.11 Å². The summed E-state index contributed by atoms with van der Waals surface area (Å²) in [6.45, 7) is 0. The maximum Gasteiger partial charge on any atom is 0.233 e. The van der Waals surface area contributed by atoms with E-state index in [9.17, 15) is 9.90 Å². The molecule has 150 valence electrons. The van der Waals surface area contributed by atoms with E-state index < -0.39 is 0 Å². The van der Waals surface area contributed by atoms with Crippen LogP contribution in [-0.4, -0.2) is 22.0 Å². The predicted octanol–water partition coefficient (Wildman–Crippen LogP) is 5.99. The van der Waals surface area contributed by atoms with Crippen molar-refractivity contribution in [2.45, 2.75) is 51.0 Å². The molecule has 1 amide bonds. The minimum Gasteiger partial charge on any atom is -0.492 e. The van der Waals surface area contributed by atoms with Gasteiger partial charge in [-0.2, -0.15) is 10.1 Å². The molecule has 0 radical (unpaired) electrons. The molecule has 1 fully saturated rings. The summed E-state index contributed by atoms with van der Waals surface area (Å²) >= 11 is 1.21. The summed E-state index contributed by atoms with van der Waals surface area (Å²) in [6.07, 6.45) is 7.06. The number of carbonyl (C=O) groups is 1. The molecular weight excluding hydrogens is 384 g/mol. The molecule has 0 saturated heterocycles. The van der Waals surface area contributed by atoms with Crippen LogP contribution in [0.15, 0.2) is 52.7 Å². The highest BCUT2D eigenvalue weighted by Crippen LogP contribution is 2.32. The molecule has 1 aliphatic rings. The van der Waals surface area contributed by atoms with E-state index in [1.165, 1.54) is 37.0 Å². The average molecular weight is 409 g/mol. The Kier molecular flexibility index (Phi) is 6.14. The second kappa shape index (κ2) is 9.13. The summed E-state index contributed by atoms with van der Waals surface area (Å²) in [5, 5.41) is 24.1. The van der Waals surface area contributed by atoms with Gasteiger partial charge in [0.1, 0.15) is 0 Å². The lowest BCUT2D eigenvalue weighted by Crippen LogP contribution is -2.14. The third-order valence-corrected chi connectivity index (χ3v) is 6.11. The first kappa shape index (κ1) is 19.5. The molecule has 4 rings (SSSR count). The number of azo groups is 1. The molecule has 1 aliphatic carbocycles. The predicted molar refractivity (Wildman–Crippen MR) is 116 cm³/mol. The highest BCUT2D eigenvalue weighted by molar-refractivity contribution is 7.15. The molecule has 6 nitrogen and oxygen atoms in total. The topological polar surface area (TPSA) is 86.9 Å². The average Bonchev–Trinajstić information content (AvgIpc) is 2.92. The van der Waals surface area contributed by atoms with E-state index in [0.717, 1.165) is 29.3 Å². The first-order valence-electron chi connectivity index (χ1n) is 10.1. The number of carbonyl (C=O) groups excluding carboxylic acids is 1. The molecule has 1 saturated carbocycles. The standard InChI is InChI=1S/C22H24N4O2S/c27-20(23-18-13-7-9-15-8-5-6-12-17(15)18)14-19-21(28)24-22(29-19)26-25-16-10-3-1-2-4-11-16/h5-9,12-13,16,28H,1-4,10-11,14H2,(H,23,27). The first-order chi connectivity index (χ1) is 14.2. The van der Waals surface area contributed by atoms with Gasteiger partial charge < -0.3 is 10.4 Å². The van der Waals surface area contributed by atoms with Crippen LogP contribution in [0.25, 0.3) is 10.8 Å². The van der Waals surface area contributed by atoms with E-state index in [1.54, 1.807) is 0 Å². The molecular formula is C22H24N4O2S. The number of thiazole rings is 1. The van der Waals surface area contributed by atoms with Crippen molar-refractivity contribution in [1.82, 2.24) is 4.98 Å². The van der Waals surface area contributed by atoms with Crippen LogP contribution in [0.4, 0.5) is 10.8 Å². The third kappa shape index (κ3) is 4.98. The van der Waals surface area contributed by atoms with Crippen LogP contribution in [0.2, 0.25) is 0 Å².